The highest BCUT2D eigenvalue weighted by molar-refractivity contribution is 6.07. The van der Waals surface area contributed by atoms with Crippen molar-refractivity contribution < 1.29 is 29.6 Å². The lowest BCUT2D eigenvalue weighted by molar-refractivity contribution is 0.0207. The summed E-state index contributed by atoms with van der Waals surface area (Å²) in [4.78, 5) is 12.7. The molecule has 2 atom stereocenters. The van der Waals surface area contributed by atoms with E-state index in [0.29, 0.717) is 16.9 Å². The molecule has 6 nitrogen and oxygen atoms in total. The Kier molecular flexibility index (Phi) is 3.49. The second kappa shape index (κ2) is 5.51. The van der Waals surface area contributed by atoms with Gasteiger partial charge in [-0.25, -0.2) is 0 Å². The molecule has 0 bridgehead atoms. The number of hydrogen-bond donors (Lipinski definition) is 3. The summed E-state index contributed by atoms with van der Waals surface area (Å²) < 4.78 is 11.8. The number of aliphatic hydroxyl groups is 1. The van der Waals surface area contributed by atoms with Crippen LogP contribution in [0.15, 0.2) is 36.4 Å². The molecular formula is C20H18O6. The summed E-state index contributed by atoms with van der Waals surface area (Å²) in [6.45, 7) is 3.75. The standard InChI is InChI=1S/C20H18O6/c1-20(2)8-7-12-14(26-20)9-13(22)15-16(23)17(24)18(25-19(12)15)10-3-5-11(21)6-4-10/h3-9,17-18,21-22,24H,1-2H3. The Labute approximate surface area is 149 Å². The molecule has 6 heteroatoms. The molecule has 0 radical (unpaired) electrons. The fourth-order valence-electron chi connectivity index (χ4n) is 3.23. The van der Waals surface area contributed by atoms with Gasteiger partial charge in [-0.15, -0.1) is 0 Å². The Hall–Kier alpha value is -2.99. The molecule has 2 aliphatic rings. The second-order valence-corrected chi connectivity index (χ2v) is 6.99. The fourth-order valence-corrected chi connectivity index (χ4v) is 3.23. The third-order valence-electron chi connectivity index (χ3n) is 4.55. The minimum atomic E-state index is -1.47. The van der Waals surface area contributed by atoms with Gasteiger partial charge in [-0.2, -0.15) is 0 Å². The van der Waals surface area contributed by atoms with Gasteiger partial charge in [-0.1, -0.05) is 12.1 Å². The highest BCUT2D eigenvalue weighted by Crippen LogP contribution is 2.48. The molecule has 134 valence electrons. The number of fused-ring (bicyclic) bond motifs is 3. The number of phenolic OH excluding ortho intramolecular Hbond substituents is 2. The van der Waals surface area contributed by atoms with Gasteiger partial charge in [-0.05, 0) is 43.7 Å². The van der Waals surface area contributed by atoms with E-state index in [1.54, 1.807) is 18.2 Å². The molecular weight excluding hydrogens is 336 g/mol. The molecule has 4 rings (SSSR count). The smallest absolute Gasteiger partial charge is 0.202 e. The first-order valence-corrected chi connectivity index (χ1v) is 8.23. The number of rotatable bonds is 1. The Morgan fingerprint density at radius 3 is 2.50 bits per heavy atom. The molecule has 2 aromatic rings. The van der Waals surface area contributed by atoms with Gasteiger partial charge < -0.3 is 24.8 Å². The van der Waals surface area contributed by atoms with Gasteiger partial charge in [0.15, 0.2) is 12.2 Å². The number of Topliss-reactive ketones (excluding diaryl/α,β-unsaturated/α-hetero) is 1. The van der Waals surface area contributed by atoms with Gasteiger partial charge in [0.1, 0.15) is 34.2 Å². The van der Waals surface area contributed by atoms with Crippen molar-refractivity contribution in [3.63, 3.8) is 0 Å². The van der Waals surface area contributed by atoms with E-state index in [-0.39, 0.29) is 22.8 Å². The molecule has 0 aliphatic carbocycles. The summed E-state index contributed by atoms with van der Waals surface area (Å²) in [6, 6.07) is 7.43. The van der Waals surface area contributed by atoms with Crippen molar-refractivity contribution in [3.8, 4) is 23.0 Å². The van der Waals surface area contributed by atoms with Crippen LogP contribution in [0.2, 0.25) is 0 Å². The van der Waals surface area contributed by atoms with Gasteiger partial charge in [0.2, 0.25) is 5.78 Å². The minimum Gasteiger partial charge on any atom is -0.508 e. The largest absolute Gasteiger partial charge is 0.508 e. The summed E-state index contributed by atoms with van der Waals surface area (Å²) in [6.07, 6.45) is 1.20. The van der Waals surface area contributed by atoms with E-state index in [0.717, 1.165) is 0 Å². The monoisotopic (exact) mass is 354 g/mol. The highest BCUT2D eigenvalue weighted by Gasteiger charge is 2.41. The van der Waals surface area contributed by atoms with Crippen LogP contribution in [0.1, 0.15) is 41.4 Å². The van der Waals surface area contributed by atoms with Crippen LogP contribution in [0.25, 0.3) is 6.08 Å². The van der Waals surface area contributed by atoms with Crippen molar-refractivity contribution in [1.29, 1.82) is 0 Å². The number of ether oxygens (including phenoxy) is 2. The summed E-state index contributed by atoms with van der Waals surface area (Å²) in [7, 11) is 0. The van der Waals surface area contributed by atoms with Crippen molar-refractivity contribution in [3.05, 3.63) is 53.1 Å². The van der Waals surface area contributed by atoms with Crippen LogP contribution in [0, 0.1) is 0 Å². The van der Waals surface area contributed by atoms with Crippen LogP contribution < -0.4 is 9.47 Å². The third kappa shape index (κ3) is 2.50. The molecule has 2 heterocycles. The zero-order chi connectivity index (χ0) is 18.6. The normalized spacial score (nSPS) is 22.8. The molecule has 26 heavy (non-hydrogen) atoms. The Bertz CT molecular complexity index is 926. The number of carbonyl (C=O) groups excluding carboxylic acids is 1. The second-order valence-electron chi connectivity index (χ2n) is 6.99. The van der Waals surface area contributed by atoms with Crippen molar-refractivity contribution in [2.45, 2.75) is 31.7 Å². The highest BCUT2D eigenvalue weighted by atomic mass is 16.5. The van der Waals surface area contributed by atoms with Crippen LogP contribution in [-0.2, 0) is 0 Å². The van der Waals surface area contributed by atoms with E-state index in [2.05, 4.69) is 0 Å². The predicted octanol–water partition coefficient (Wildman–Crippen LogP) is 2.96. The molecule has 2 aliphatic heterocycles. The van der Waals surface area contributed by atoms with Crippen molar-refractivity contribution in [1.82, 2.24) is 0 Å². The van der Waals surface area contributed by atoms with Crippen LogP contribution in [0.4, 0.5) is 0 Å². The third-order valence-corrected chi connectivity index (χ3v) is 4.55. The number of aromatic hydroxyl groups is 2. The molecule has 3 N–H and O–H groups in total. The van der Waals surface area contributed by atoms with Gasteiger partial charge in [0.05, 0.1) is 5.56 Å². The SMILES string of the molecule is CC1(C)C=Cc2c(cc(O)c3c2OC(c2ccc(O)cc2)C(O)C3=O)O1. The molecule has 0 spiro atoms. The number of phenols is 2. The minimum absolute atomic E-state index is 0.0563. The quantitative estimate of drug-likeness (QED) is 0.729. The summed E-state index contributed by atoms with van der Waals surface area (Å²) in [5, 5.41) is 30.2. The van der Waals surface area contributed by atoms with E-state index >= 15 is 0 Å². The lowest BCUT2D eigenvalue weighted by Gasteiger charge is -2.34. The number of aliphatic hydroxyl groups excluding tert-OH is 1. The summed E-state index contributed by atoms with van der Waals surface area (Å²) in [5.74, 6) is -0.261. The maximum Gasteiger partial charge on any atom is 0.202 e. The van der Waals surface area contributed by atoms with Gasteiger partial charge >= 0.3 is 0 Å². The maximum absolute atomic E-state index is 12.7. The predicted molar refractivity (Wildman–Crippen MR) is 93.7 cm³/mol. The molecule has 0 saturated carbocycles. The van der Waals surface area contributed by atoms with E-state index < -0.39 is 23.6 Å². The molecule has 0 fully saturated rings. The first kappa shape index (κ1) is 16.5. The van der Waals surface area contributed by atoms with Gasteiger partial charge in [-0.3, -0.25) is 4.79 Å². The fraction of sp³-hybridized carbons (Fsp3) is 0.250. The van der Waals surface area contributed by atoms with E-state index in [4.69, 9.17) is 9.47 Å². The zero-order valence-corrected chi connectivity index (χ0v) is 14.3. The molecule has 0 amide bonds. The Balaban J connectivity index is 1.85. The molecule has 0 saturated heterocycles. The van der Waals surface area contributed by atoms with E-state index in [1.807, 2.05) is 19.9 Å². The first-order chi connectivity index (χ1) is 12.3. The average Bonchev–Trinajstić information content (AvgIpc) is 2.57. The molecule has 2 aromatic carbocycles. The topological polar surface area (TPSA) is 96.2 Å². The molecule has 2 unspecified atom stereocenters. The first-order valence-electron chi connectivity index (χ1n) is 8.23. The Morgan fingerprint density at radius 2 is 1.81 bits per heavy atom. The molecule has 0 aromatic heterocycles. The van der Waals surface area contributed by atoms with Crippen LogP contribution in [0.5, 0.6) is 23.0 Å². The Morgan fingerprint density at radius 1 is 1.12 bits per heavy atom. The van der Waals surface area contributed by atoms with Gasteiger partial charge in [0.25, 0.3) is 0 Å². The van der Waals surface area contributed by atoms with Crippen LogP contribution in [0.3, 0.4) is 0 Å². The summed E-state index contributed by atoms with van der Waals surface area (Å²) in [5.41, 5.74) is 0.468. The number of hydrogen-bond acceptors (Lipinski definition) is 6. The lowest BCUT2D eigenvalue weighted by Crippen LogP contribution is -2.37. The van der Waals surface area contributed by atoms with E-state index in [1.165, 1.54) is 18.2 Å². The zero-order valence-electron chi connectivity index (χ0n) is 14.3. The van der Waals surface area contributed by atoms with Crippen molar-refractivity contribution in [2.75, 3.05) is 0 Å². The van der Waals surface area contributed by atoms with Crippen LogP contribution in [-0.4, -0.2) is 32.8 Å². The maximum atomic E-state index is 12.7. The lowest BCUT2D eigenvalue weighted by atomic mass is 9.90. The van der Waals surface area contributed by atoms with Crippen LogP contribution >= 0.6 is 0 Å². The summed E-state index contributed by atoms with van der Waals surface area (Å²) >= 11 is 0. The van der Waals surface area contributed by atoms with Crippen molar-refractivity contribution in [2.24, 2.45) is 0 Å². The number of carbonyl (C=O) groups is 1. The van der Waals surface area contributed by atoms with Gasteiger partial charge in [0, 0.05) is 6.07 Å². The number of ketones is 1. The van der Waals surface area contributed by atoms with E-state index in [9.17, 15) is 20.1 Å². The number of benzene rings is 2. The van der Waals surface area contributed by atoms with Crippen molar-refractivity contribution >= 4 is 11.9 Å². The average molecular weight is 354 g/mol.